The second-order valence-corrected chi connectivity index (χ2v) is 5.05. The average molecular weight is 294 g/mol. The van der Waals surface area contributed by atoms with E-state index in [-0.39, 0.29) is 28.6 Å². The largest absolute Gasteiger partial charge is 0.504 e. The van der Waals surface area contributed by atoms with Crippen molar-refractivity contribution in [3.05, 3.63) is 71.0 Å². The number of ketones is 1. The second kappa shape index (κ2) is 5.41. The van der Waals surface area contributed by atoms with Gasteiger partial charge in [0.2, 0.25) is 11.5 Å². The molecule has 0 atom stereocenters. The van der Waals surface area contributed by atoms with Crippen LogP contribution in [-0.4, -0.2) is 16.0 Å². The van der Waals surface area contributed by atoms with Crippen molar-refractivity contribution in [2.45, 2.75) is 6.92 Å². The zero-order chi connectivity index (χ0) is 15.7. The molecule has 0 aliphatic carbocycles. The quantitative estimate of drug-likeness (QED) is 0.655. The third-order valence-electron chi connectivity index (χ3n) is 3.34. The van der Waals surface area contributed by atoms with E-state index in [0.29, 0.717) is 0 Å². The molecule has 0 unspecified atom stereocenters. The highest BCUT2D eigenvalue weighted by Gasteiger charge is 2.31. The van der Waals surface area contributed by atoms with Crippen molar-refractivity contribution in [1.29, 1.82) is 0 Å². The fraction of sp³-hybridized carbons (Fsp3) is 0.0556. The highest BCUT2D eigenvalue weighted by atomic mass is 16.5. The molecule has 0 radical (unpaired) electrons. The first-order chi connectivity index (χ1) is 10.6. The Hall–Kier alpha value is -3.01. The molecule has 110 valence electrons. The maximum atomic E-state index is 12.2. The second-order valence-electron chi connectivity index (χ2n) is 5.05. The molecule has 0 fully saturated rings. The van der Waals surface area contributed by atoms with E-state index in [2.05, 4.69) is 0 Å². The standard InChI is InChI=1S/C18H14O4/c1-11(9-12-5-3-2-4-6-12)10-15-16(20)13-7-8-14(19)17(21)18(13)22-15/h2-10,19,21H,1H3. The Morgan fingerprint density at radius 2 is 1.82 bits per heavy atom. The Kier molecular flexibility index (Phi) is 3.43. The number of Topliss-reactive ketones (excluding diaryl/α,β-unsaturated/α-hetero) is 1. The minimum atomic E-state index is -0.418. The number of benzene rings is 2. The van der Waals surface area contributed by atoms with Gasteiger partial charge in [0.1, 0.15) is 0 Å². The van der Waals surface area contributed by atoms with Crippen LogP contribution in [0.3, 0.4) is 0 Å². The van der Waals surface area contributed by atoms with Gasteiger partial charge in [-0.25, -0.2) is 0 Å². The number of phenolic OH excluding ortho intramolecular Hbond substituents is 2. The number of ether oxygens (including phenoxy) is 1. The lowest BCUT2D eigenvalue weighted by Gasteiger charge is -2.02. The number of phenols is 2. The summed E-state index contributed by atoms with van der Waals surface area (Å²) in [6.45, 7) is 1.86. The molecule has 22 heavy (non-hydrogen) atoms. The highest BCUT2D eigenvalue weighted by Crippen LogP contribution is 2.43. The number of rotatable bonds is 2. The number of carbonyl (C=O) groups is 1. The van der Waals surface area contributed by atoms with E-state index in [0.717, 1.165) is 11.1 Å². The third-order valence-corrected chi connectivity index (χ3v) is 3.34. The third kappa shape index (κ3) is 2.46. The first kappa shape index (κ1) is 13.9. The Morgan fingerprint density at radius 1 is 1.09 bits per heavy atom. The van der Waals surface area contributed by atoms with Gasteiger partial charge in [0, 0.05) is 0 Å². The van der Waals surface area contributed by atoms with Crippen LogP contribution in [0.2, 0.25) is 0 Å². The number of allylic oxidation sites excluding steroid dienone is 3. The van der Waals surface area contributed by atoms with E-state index < -0.39 is 5.75 Å². The van der Waals surface area contributed by atoms with Crippen LogP contribution in [0.15, 0.2) is 59.9 Å². The zero-order valence-corrected chi connectivity index (χ0v) is 11.9. The molecule has 2 N–H and O–H groups in total. The van der Waals surface area contributed by atoms with Gasteiger partial charge >= 0.3 is 0 Å². The zero-order valence-electron chi connectivity index (χ0n) is 11.9. The molecular weight excluding hydrogens is 280 g/mol. The fourth-order valence-electron chi connectivity index (χ4n) is 2.29. The van der Waals surface area contributed by atoms with Gasteiger partial charge in [-0.3, -0.25) is 4.79 Å². The lowest BCUT2D eigenvalue weighted by atomic mass is 10.1. The summed E-state index contributed by atoms with van der Waals surface area (Å²) in [7, 11) is 0. The number of carbonyl (C=O) groups excluding carboxylic acids is 1. The number of aromatic hydroxyl groups is 2. The Labute approximate surface area is 127 Å². The summed E-state index contributed by atoms with van der Waals surface area (Å²) in [5.41, 5.74) is 2.10. The summed E-state index contributed by atoms with van der Waals surface area (Å²) in [5, 5.41) is 19.2. The average Bonchev–Trinajstić information content (AvgIpc) is 2.81. The van der Waals surface area contributed by atoms with Crippen LogP contribution in [0, 0.1) is 0 Å². The molecule has 0 saturated carbocycles. The van der Waals surface area contributed by atoms with E-state index >= 15 is 0 Å². The van der Waals surface area contributed by atoms with Crippen LogP contribution in [0.5, 0.6) is 17.2 Å². The maximum Gasteiger partial charge on any atom is 0.232 e. The van der Waals surface area contributed by atoms with Crippen molar-refractivity contribution in [1.82, 2.24) is 0 Å². The van der Waals surface area contributed by atoms with E-state index in [1.165, 1.54) is 12.1 Å². The van der Waals surface area contributed by atoms with Crippen molar-refractivity contribution >= 4 is 11.9 Å². The normalized spacial score (nSPS) is 15.8. The smallest absolute Gasteiger partial charge is 0.232 e. The van der Waals surface area contributed by atoms with Crippen molar-refractivity contribution in [3.8, 4) is 17.2 Å². The molecule has 1 aliphatic rings. The monoisotopic (exact) mass is 294 g/mol. The molecule has 4 heteroatoms. The summed E-state index contributed by atoms with van der Waals surface area (Å²) < 4.78 is 5.40. The number of fused-ring (bicyclic) bond motifs is 1. The predicted octanol–water partition coefficient (Wildman–Crippen LogP) is 3.66. The van der Waals surface area contributed by atoms with Crippen LogP contribution >= 0.6 is 0 Å². The molecule has 0 amide bonds. The molecule has 0 bridgehead atoms. The maximum absolute atomic E-state index is 12.2. The molecule has 1 heterocycles. The van der Waals surface area contributed by atoms with E-state index in [1.54, 1.807) is 6.08 Å². The summed E-state index contributed by atoms with van der Waals surface area (Å²) in [6, 6.07) is 12.4. The van der Waals surface area contributed by atoms with Gasteiger partial charge in [0.25, 0.3) is 0 Å². The van der Waals surface area contributed by atoms with Crippen molar-refractivity contribution < 1.29 is 19.7 Å². The molecule has 2 aromatic rings. The number of hydrogen-bond donors (Lipinski definition) is 2. The minimum absolute atomic E-state index is 0.00348. The SMILES string of the molecule is CC(=Cc1ccccc1)C=C1Oc2c(ccc(O)c2O)C1=O. The fourth-order valence-corrected chi connectivity index (χ4v) is 2.29. The first-order valence-electron chi connectivity index (χ1n) is 6.79. The van der Waals surface area contributed by atoms with E-state index in [4.69, 9.17) is 4.74 Å². The molecule has 0 spiro atoms. The Balaban J connectivity index is 1.93. The van der Waals surface area contributed by atoms with Gasteiger partial charge in [-0.2, -0.15) is 0 Å². The summed E-state index contributed by atoms with van der Waals surface area (Å²) >= 11 is 0. The molecule has 0 saturated heterocycles. The highest BCUT2D eigenvalue weighted by molar-refractivity contribution is 6.13. The molecule has 4 nitrogen and oxygen atoms in total. The van der Waals surface area contributed by atoms with Crippen molar-refractivity contribution in [2.75, 3.05) is 0 Å². The molecule has 0 aromatic heterocycles. The topological polar surface area (TPSA) is 66.8 Å². The van der Waals surface area contributed by atoms with Gasteiger partial charge < -0.3 is 14.9 Å². The lowest BCUT2D eigenvalue weighted by molar-refractivity contribution is 0.101. The van der Waals surface area contributed by atoms with Gasteiger partial charge in [-0.1, -0.05) is 36.4 Å². The van der Waals surface area contributed by atoms with E-state index in [9.17, 15) is 15.0 Å². The summed E-state index contributed by atoms with van der Waals surface area (Å²) in [6.07, 6.45) is 3.54. The Morgan fingerprint density at radius 3 is 2.55 bits per heavy atom. The summed E-state index contributed by atoms with van der Waals surface area (Å²) in [4.78, 5) is 12.2. The van der Waals surface area contributed by atoms with Gasteiger partial charge in [0.15, 0.2) is 17.3 Å². The van der Waals surface area contributed by atoms with E-state index in [1.807, 2.05) is 43.3 Å². The molecule has 1 aliphatic heterocycles. The van der Waals surface area contributed by atoms with Crippen LogP contribution < -0.4 is 4.74 Å². The first-order valence-corrected chi connectivity index (χ1v) is 6.79. The lowest BCUT2D eigenvalue weighted by Crippen LogP contribution is -1.98. The molecule has 2 aromatic carbocycles. The van der Waals surface area contributed by atoms with Crippen molar-refractivity contribution in [3.63, 3.8) is 0 Å². The molecule has 3 rings (SSSR count). The number of hydrogen-bond acceptors (Lipinski definition) is 4. The summed E-state index contributed by atoms with van der Waals surface area (Å²) in [5.74, 6) is -0.918. The van der Waals surface area contributed by atoms with Crippen LogP contribution in [-0.2, 0) is 0 Å². The van der Waals surface area contributed by atoms with Gasteiger partial charge in [0.05, 0.1) is 5.56 Å². The predicted molar refractivity (Wildman–Crippen MR) is 82.9 cm³/mol. The van der Waals surface area contributed by atoms with Crippen LogP contribution in [0.4, 0.5) is 0 Å². The van der Waals surface area contributed by atoms with Gasteiger partial charge in [-0.15, -0.1) is 0 Å². The van der Waals surface area contributed by atoms with Gasteiger partial charge in [-0.05, 0) is 36.3 Å². The van der Waals surface area contributed by atoms with Crippen LogP contribution in [0.1, 0.15) is 22.8 Å². The van der Waals surface area contributed by atoms with Crippen molar-refractivity contribution in [2.24, 2.45) is 0 Å². The van der Waals surface area contributed by atoms with Crippen LogP contribution in [0.25, 0.3) is 6.08 Å². The molecular formula is C18H14O4. The minimum Gasteiger partial charge on any atom is -0.504 e. The Bertz CT molecular complexity index is 801.